The molecule has 2 rings (SSSR count). The summed E-state index contributed by atoms with van der Waals surface area (Å²) in [5, 5.41) is 34.9. The van der Waals surface area contributed by atoms with Crippen LogP contribution in [0.15, 0.2) is 12.2 Å². The predicted molar refractivity (Wildman–Crippen MR) is 140 cm³/mol. The summed E-state index contributed by atoms with van der Waals surface area (Å²) >= 11 is 0. The molecular weight excluding hydrogens is 426 g/mol. The Bertz CT molecular complexity index is 587. The summed E-state index contributed by atoms with van der Waals surface area (Å²) < 4.78 is 0. The zero-order chi connectivity index (χ0) is 24.8. The van der Waals surface area contributed by atoms with Crippen molar-refractivity contribution in [1.82, 2.24) is 5.32 Å². The Morgan fingerprint density at radius 1 is 1.00 bits per heavy atom. The van der Waals surface area contributed by atoms with Gasteiger partial charge in [-0.25, -0.2) is 0 Å². The molecule has 0 spiro atoms. The summed E-state index contributed by atoms with van der Waals surface area (Å²) in [4.78, 5) is 11.9. The van der Waals surface area contributed by atoms with Crippen molar-refractivity contribution in [3.63, 3.8) is 0 Å². The van der Waals surface area contributed by atoms with Gasteiger partial charge in [0.2, 0.25) is 0 Å². The highest BCUT2D eigenvalue weighted by atomic mass is 16.4. The standard InChI is InChI=1S/C29H53NO4/c1-3-4-7-12-23-15-17-24(18-16-23)13-8-5-9-14-26(28(32)33)27(31)21-25(22-30-2)29(34)19-10-6-11-20-29/h15,17,23-27,30-31,34H,3-14,16,18-22H2,1-2H3,(H,32,33)/t23-,24-,25+,26-,27+/m0/s1. The van der Waals surface area contributed by atoms with E-state index < -0.39 is 23.6 Å². The normalized spacial score (nSPS) is 25.1. The Kier molecular flexibility index (Phi) is 13.8. The SMILES string of the molecule is CCCCC[C@H]1C=C[C@H](CCCCC[C@H](C(=O)O)[C@H](O)C[C@H](CNC)C2(O)CCCCC2)CC1. The second-order valence-electron chi connectivity index (χ2n) is 11.3. The van der Waals surface area contributed by atoms with E-state index in [0.29, 0.717) is 25.3 Å². The lowest BCUT2D eigenvalue weighted by Crippen LogP contribution is -2.46. The van der Waals surface area contributed by atoms with Crippen molar-refractivity contribution in [3.8, 4) is 0 Å². The van der Waals surface area contributed by atoms with Gasteiger partial charge in [-0.1, -0.05) is 76.9 Å². The maximum atomic E-state index is 11.9. The van der Waals surface area contributed by atoms with Crippen LogP contribution in [0, 0.1) is 23.7 Å². The molecule has 4 N–H and O–H groups in total. The van der Waals surface area contributed by atoms with Gasteiger partial charge in [0, 0.05) is 12.5 Å². The Morgan fingerprint density at radius 2 is 1.62 bits per heavy atom. The number of allylic oxidation sites excluding steroid dienone is 2. The van der Waals surface area contributed by atoms with E-state index in [2.05, 4.69) is 24.4 Å². The Morgan fingerprint density at radius 3 is 2.15 bits per heavy atom. The van der Waals surface area contributed by atoms with Crippen LogP contribution in [0.1, 0.15) is 116 Å². The van der Waals surface area contributed by atoms with Crippen LogP contribution in [0.2, 0.25) is 0 Å². The molecule has 5 atom stereocenters. The summed E-state index contributed by atoms with van der Waals surface area (Å²) in [5.41, 5.74) is -0.784. The van der Waals surface area contributed by atoms with Gasteiger partial charge in [-0.3, -0.25) is 4.79 Å². The molecule has 0 saturated heterocycles. The highest BCUT2D eigenvalue weighted by Gasteiger charge is 2.40. The van der Waals surface area contributed by atoms with E-state index >= 15 is 0 Å². The first kappa shape index (κ1) is 29.3. The molecule has 5 nitrogen and oxygen atoms in total. The van der Waals surface area contributed by atoms with Gasteiger partial charge in [0.1, 0.15) is 0 Å². The molecule has 0 aromatic carbocycles. The van der Waals surface area contributed by atoms with Gasteiger partial charge in [-0.15, -0.1) is 0 Å². The fourth-order valence-electron chi connectivity index (χ4n) is 6.27. The summed E-state index contributed by atoms with van der Waals surface area (Å²) in [7, 11) is 1.86. The van der Waals surface area contributed by atoms with E-state index in [1.807, 2.05) is 7.05 Å². The monoisotopic (exact) mass is 479 g/mol. The van der Waals surface area contributed by atoms with Crippen LogP contribution in [0.5, 0.6) is 0 Å². The average molecular weight is 480 g/mol. The number of aliphatic hydroxyl groups is 2. The van der Waals surface area contributed by atoms with E-state index in [1.54, 1.807) is 0 Å². The molecule has 0 unspecified atom stereocenters. The third-order valence-electron chi connectivity index (χ3n) is 8.57. The van der Waals surface area contributed by atoms with Crippen molar-refractivity contribution in [3.05, 3.63) is 12.2 Å². The van der Waals surface area contributed by atoms with Gasteiger partial charge in [0.15, 0.2) is 0 Å². The van der Waals surface area contributed by atoms with Crippen LogP contribution in [0.25, 0.3) is 0 Å². The third-order valence-corrected chi connectivity index (χ3v) is 8.57. The average Bonchev–Trinajstić information content (AvgIpc) is 2.82. The van der Waals surface area contributed by atoms with E-state index in [4.69, 9.17) is 0 Å². The van der Waals surface area contributed by atoms with Crippen molar-refractivity contribution in [1.29, 1.82) is 0 Å². The van der Waals surface area contributed by atoms with Crippen molar-refractivity contribution in [2.45, 2.75) is 128 Å². The molecule has 0 aliphatic heterocycles. The van der Waals surface area contributed by atoms with Crippen LogP contribution >= 0.6 is 0 Å². The van der Waals surface area contributed by atoms with Gasteiger partial charge in [-0.05, 0) is 70.3 Å². The number of carboxylic acid groups (broad SMARTS) is 1. The number of aliphatic carboxylic acids is 1. The quantitative estimate of drug-likeness (QED) is 0.150. The van der Waals surface area contributed by atoms with Gasteiger partial charge in [0.05, 0.1) is 17.6 Å². The van der Waals surface area contributed by atoms with Crippen LogP contribution in [-0.4, -0.2) is 46.6 Å². The molecule has 0 bridgehead atoms. The van der Waals surface area contributed by atoms with Crippen molar-refractivity contribution in [2.24, 2.45) is 23.7 Å². The fourth-order valence-corrected chi connectivity index (χ4v) is 6.27. The number of unbranched alkanes of at least 4 members (excludes halogenated alkanes) is 4. The number of rotatable bonds is 17. The van der Waals surface area contributed by atoms with E-state index in [1.165, 1.54) is 44.9 Å². The smallest absolute Gasteiger partial charge is 0.309 e. The first-order valence-corrected chi connectivity index (χ1v) is 14.4. The third kappa shape index (κ3) is 9.99. The molecule has 198 valence electrons. The molecule has 0 aromatic heterocycles. The van der Waals surface area contributed by atoms with Crippen molar-refractivity contribution < 1.29 is 20.1 Å². The van der Waals surface area contributed by atoms with E-state index in [0.717, 1.165) is 57.3 Å². The molecule has 1 saturated carbocycles. The van der Waals surface area contributed by atoms with E-state index in [9.17, 15) is 20.1 Å². The minimum absolute atomic E-state index is 0.112. The summed E-state index contributed by atoms with van der Waals surface area (Å²) in [5.74, 6) is -0.306. The van der Waals surface area contributed by atoms with E-state index in [-0.39, 0.29) is 5.92 Å². The molecule has 34 heavy (non-hydrogen) atoms. The van der Waals surface area contributed by atoms with Gasteiger partial charge < -0.3 is 20.6 Å². The zero-order valence-electron chi connectivity index (χ0n) is 22.0. The molecular formula is C29H53NO4. The molecule has 5 heteroatoms. The first-order chi connectivity index (χ1) is 16.4. The second-order valence-corrected chi connectivity index (χ2v) is 11.3. The summed E-state index contributed by atoms with van der Waals surface area (Å²) in [6.45, 7) is 2.86. The minimum atomic E-state index is -0.910. The summed E-state index contributed by atoms with van der Waals surface area (Å²) in [6, 6.07) is 0. The summed E-state index contributed by atoms with van der Waals surface area (Å²) in [6.07, 6.45) is 21.6. The maximum absolute atomic E-state index is 11.9. The zero-order valence-corrected chi connectivity index (χ0v) is 22.0. The van der Waals surface area contributed by atoms with Crippen molar-refractivity contribution in [2.75, 3.05) is 13.6 Å². The number of hydrogen-bond donors (Lipinski definition) is 4. The van der Waals surface area contributed by atoms with Crippen LogP contribution in [0.3, 0.4) is 0 Å². The van der Waals surface area contributed by atoms with Crippen molar-refractivity contribution >= 4 is 5.97 Å². The minimum Gasteiger partial charge on any atom is -0.481 e. The number of nitrogens with one attached hydrogen (secondary N) is 1. The number of hydrogen-bond acceptors (Lipinski definition) is 4. The Labute approximate surface area is 208 Å². The first-order valence-electron chi connectivity index (χ1n) is 14.4. The maximum Gasteiger partial charge on any atom is 0.309 e. The highest BCUT2D eigenvalue weighted by molar-refractivity contribution is 5.70. The van der Waals surface area contributed by atoms with Gasteiger partial charge in [0.25, 0.3) is 0 Å². The number of aliphatic hydroxyl groups excluding tert-OH is 1. The lowest BCUT2D eigenvalue weighted by atomic mass is 9.72. The van der Waals surface area contributed by atoms with Gasteiger partial charge in [-0.2, -0.15) is 0 Å². The Balaban J connectivity index is 1.72. The lowest BCUT2D eigenvalue weighted by molar-refractivity contribution is -0.147. The van der Waals surface area contributed by atoms with Crippen LogP contribution < -0.4 is 5.32 Å². The predicted octanol–water partition coefficient (Wildman–Crippen LogP) is 6.08. The molecule has 0 aromatic rings. The lowest BCUT2D eigenvalue weighted by Gasteiger charge is -2.40. The topological polar surface area (TPSA) is 89.8 Å². The fraction of sp³-hybridized carbons (Fsp3) is 0.897. The molecule has 0 radical (unpaired) electrons. The van der Waals surface area contributed by atoms with Crippen LogP contribution in [0.4, 0.5) is 0 Å². The van der Waals surface area contributed by atoms with Gasteiger partial charge >= 0.3 is 5.97 Å². The molecule has 1 fully saturated rings. The largest absolute Gasteiger partial charge is 0.481 e. The number of carboxylic acids is 1. The number of carbonyl (C=O) groups is 1. The highest BCUT2D eigenvalue weighted by Crippen LogP contribution is 2.37. The molecule has 2 aliphatic rings. The molecule has 2 aliphatic carbocycles. The molecule has 0 amide bonds. The second kappa shape index (κ2) is 16.0. The Hall–Kier alpha value is -0.910. The van der Waals surface area contributed by atoms with Crippen LogP contribution in [-0.2, 0) is 4.79 Å². The molecule has 0 heterocycles.